The van der Waals surface area contributed by atoms with E-state index in [4.69, 9.17) is 9.52 Å². The van der Waals surface area contributed by atoms with E-state index >= 15 is 0 Å². The van der Waals surface area contributed by atoms with E-state index in [9.17, 15) is 9.18 Å². The molecular formula is C19H13FN2O3. The van der Waals surface area contributed by atoms with Crippen LogP contribution in [0.1, 0.15) is 18.4 Å². The van der Waals surface area contributed by atoms with E-state index in [1.54, 1.807) is 12.3 Å². The largest absolute Gasteiger partial charge is 0.481 e. The van der Waals surface area contributed by atoms with Crippen LogP contribution >= 0.6 is 0 Å². The first-order valence-corrected chi connectivity index (χ1v) is 7.72. The quantitative estimate of drug-likeness (QED) is 0.601. The number of aromatic nitrogens is 2. The Bertz CT molecular complexity index is 1120. The fourth-order valence-electron chi connectivity index (χ4n) is 2.83. The summed E-state index contributed by atoms with van der Waals surface area (Å²) >= 11 is 0. The lowest BCUT2D eigenvalue weighted by molar-refractivity contribution is -0.138. The zero-order chi connectivity index (χ0) is 17.6. The molecule has 1 unspecified atom stereocenters. The second kappa shape index (κ2) is 5.66. The third-order valence-corrected chi connectivity index (χ3v) is 4.24. The average Bonchev–Trinajstić information content (AvgIpc) is 3.06. The predicted molar refractivity (Wildman–Crippen MR) is 90.8 cm³/mol. The molecule has 0 bridgehead atoms. The number of oxazole rings is 1. The smallest absolute Gasteiger partial charge is 0.310 e. The van der Waals surface area contributed by atoms with Crippen molar-refractivity contribution < 1.29 is 18.7 Å². The Balaban J connectivity index is 1.92. The van der Waals surface area contributed by atoms with Crippen molar-refractivity contribution >= 4 is 27.8 Å². The standard InChI is InChI=1S/C19H13FN2O3/c1-10(19(23)24)12-6-7-14-17(15(12)20)25-18(22-14)16-13-5-3-2-4-11(13)8-9-21-16/h2-10H,1H3,(H,23,24). The zero-order valence-electron chi connectivity index (χ0n) is 13.2. The summed E-state index contributed by atoms with van der Waals surface area (Å²) in [5.41, 5.74) is 0.842. The lowest BCUT2D eigenvalue weighted by Gasteiger charge is -2.07. The number of pyridine rings is 1. The highest BCUT2D eigenvalue weighted by Crippen LogP contribution is 2.32. The Morgan fingerprint density at radius 3 is 2.80 bits per heavy atom. The molecule has 0 saturated heterocycles. The van der Waals surface area contributed by atoms with Crippen LogP contribution in [-0.4, -0.2) is 21.0 Å². The second-order valence-corrected chi connectivity index (χ2v) is 5.78. The lowest BCUT2D eigenvalue weighted by Crippen LogP contribution is -2.09. The zero-order valence-corrected chi connectivity index (χ0v) is 13.2. The number of nitrogens with zero attached hydrogens (tertiary/aromatic N) is 2. The summed E-state index contributed by atoms with van der Waals surface area (Å²) in [5.74, 6) is -2.58. The summed E-state index contributed by atoms with van der Waals surface area (Å²) in [5, 5.41) is 10.9. The minimum Gasteiger partial charge on any atom is -0.481 e. The van der Waals surface area contributed by atoms with Gasteiger partial charge in [0.1, 0.15) is 11.2 Å². The molecule has 0 amide bonds. The maximum absolute atomic E-state index is 14.7. The van der Waals surface area contributed by atoms with Crippen LogP contribution in [0, 0.1) is 5.82 Å². The topological polar surface area (TPSA) is 76.2 Å². The van der Waals surface area contributed by atoms with Gasteiger partial charge in [0, 0.05) is 17.1 Å². The van der Waals surface area contributed by atoms with Gasteiger partial charge in [-0.3, -0.25) is 9.78 Å². The van der Waals surface area contributed by atoms with Crippen LogP contribution in [0.25, 0.3) is 33.5 Å². The van der Waals surface area contributed by atoms with Gasteiger partial charge in [0.15, 0.2) is 11.4 Å². The molecule has 1 N–H and O–H groups in total. The van der Waals surface area contributed by atoms with Crippen molar-refractivity contribution in [1.82, 2.24) is 9.97 Å². The highest BCUT2D eigenvalue weighted by Gasteiger charge is 2.23. The molecule has 2 aromatic carbocycles. The molecule has 0 radical (unpaired) electrons. The molecule has 0 spiro atoms. The number of carboxylic acid groups (broad SMARTS) is 1. The number of carbonyl (C=O) groups is 1. The predicted octanol–water partition coefficient (Wildman–Crippen LogP) is 4.37. The molecule has 6 heteroatoms. The number of hydrogen-bond acceptors (Lipinski definition) is 4. The summed E-state index contributed by atoms with van der Waals surface area (Å²) in [7, 11) is 0. The maximum Gasteiger partial charge on any atom is 0.310 e. The van der Waals surface area contributed by atoms with Gasteiger partial charge in [0.2, 0.25) is 5.89 Å². The number of carboxylic acids is 1. The van der Waals surface area contributed by atoms with Crippen LogP contribution < -0.4 is 0 Å². The summed E-state index contributed by atoms with van der Waals surface area (Å²) in [6.45, 7) is 1.43. The molecule has 0 aliphatic heterocycles. The molecule has 4 rings (SSSR count). The number of benzene rings is 2. The van der Waals surface area contributed by atoms with Crippen LogP contribution in [0.2, 0.25) is 0 Å². The molecular weight excluding hydrogens is 323 g/mol. The molecule has 4 aromatic rings. The van der Waals surface area contributed by atoms with Gasteiger partial charge in [-0.15, -0.1) is 0 Å². The minimum atomic E-state index is -1.10. The molecule has 0 saturated carbocycles. The number of halogens is 1. The van der Waals surface area contributed by atoms with Crippen molar-refractivity contribution in [3.05, 3.63) is 60.0 Å². The lowest BCUT2D eigenvalue weighted by atomic mass is 10.0. The third-order valence-electron chi connectivity index (χ3n) is 4.24. The SMILES string of the molecule is CC(C(=O)O)c1ccc2nc(-c3nccc4ccccc34)oc2c1F. The Morgan fingerprint density at radius 2 is 2.00 bits per heavy atom. The van der Waals surface area contributed by atoms with E-state index in [-0.39, 0.29) is 17.0 Å². The van der Waals surface area contributed by atoms with Crippen molar-refractivity contribution in [1.29, 1.82) is 0 Å². The summed E-state index contributed by atoms with van der Waals surface area (Å²) in [4.78, 5) is 19.8. The van der Waals surface area contributed by atoms with Gasteiger partial charge < -0.3 is 9.52 Å². The van der Waals surface area contributed by atoms with E-state index in [1.807, 2.05) is 30.3 Å². The number of fused-ring (bicyclic) bond motifs is 2. The normalized spacial score (nSPS) is 12.6. The summed E-state index contributed by atoms with van der Waals surface area (Å²) in [6, 6.07) is 12.5. The van der Waals surface area contributed by atoms with Gasteiger partial charge in [0.05, 0.1) is 5.92 Å². The minimum absolute atomic E-state index is 0.0599. The van der Waals surface area contributed by atoms with E-state index in [2.05, 4.69) is 9.97 Å². The third kappa shape index (κ3) is 2.42. The van der Waals surface area contributed by atoms with Gasteiger partial charge in [-0.25, -0.2) is 9.37 Å². The molecule has 2 aromatic heterocycles. The van der Waals surface area contributed by atoms with E-state index in [1.165, 1.54) is 13.0 Å². The van der Waals surface area contributed by atoms with E-state index in [0.717, 1.165) is 10.8 Å². The van der Waals surface area contributed by atoms with Gasteiger partial charge >= 0.3 is 5.97 Å². The fourth-order valence-corrected chi connectivity index (χ4v) is 2.83. The Morgan fingerprint density at radius 1 is 1.20 bits per heavy atom. The maximum atomic E-state index is 14.7. The molecule has 5 nitrogen and oxygen atoms in total. The molecule has 0 aliphatic rings. The molecule has 0 aliphatic carbocycles. The van der Waals surface area contributed by atoms with Crippen LogP contribution in [0.3, 0.4) is 0 Å². The van der Waals surface area contributed by atoms with E-state index < -0.39 is 17.7 Å². The first kappa shape index (κ1) is 15.3. The Kier molecular flexibility index (Phi) is 3.46. The number of aliphatic carboxylic acids is 1. The van der Waals surface area contributed by atoms with Crippen molar-refractivity contribution in [2.45, 2.75) is 12.8 Å². The second-order valence-electron chi connectivity index (χ2n) is 5.78. The van der Waals surface area contributed by atoms with Crippen molar-refractivity contribution in [2.75, 3.05) is 0 Å². The van der Waals surface area contributed by atoms with Crippen LogP contribution in [0.15, 0.2) is 53.1 Å². The van der Waals surface area contributed by atoms with E-state index in [0.29, 0.717) is 11.2 Å². The molecule has 1 atom stereocenters. The monoisotopic (exact) mass is 336 g/mol. The van der Waals surface area contributed by atoms with Crippen molar-refractivity contribution in [3.8, 4) is 11.6 Å². The Hall–Kier alpha value is -3.28. The molecule has 25 heavy (non-hydrogen) atoms. The average molecular weight is 336 g/mol. The van der Waals surface area contributed by atoms with Gasteiger partial charge in [-0.2, -0.15) is 0 Å². The number of hydrogen-bond donors (Lipinski definition) is 1. The summed E-state index contributed by atoms with van der Waals surface area (Å²) < 4.78 is 20.3. The first-order valence-electron chi connectivity index (χ1n) is 7.72. The van der Waals surface area contributed by atoms with Crippen molar-refractivity contribution in [2.24, 2.45) is 0 Å². The Labute approximate surface area is 141 Å². The van der Waals surface area contributed by atoms with Gasteiger partial charge in [-0.05, 0) is 24.4 Å². The molecule has 0 fully saturated rings. The summed E-state index contributed by atoms with van der Waals surface area (Å²) in [6.07, 6.45) is 1.64. The van der Waals surface area contributed by atoms with Crippen molar-refractivity contribution in [3.63, 3.8) is 0 Å². The van der Waals surface area contributed by atoms with Crippen LogP contribution in [0.4, 0.5) is 4.39 Å². The fraction of sp³-hybridized carbons (Fsp3) is 0.105. The first-order chi connectivity index (χ1) is 12.1. The van der Waals surface area contributed by atoms with Gasteiger partial charge in [0.25, 0.3) is 0 Å². The number of rotatable bonds is 3. The molecule has 2 heterocycles. The van der Waals surface area contributed by atoms with Gasteiger partial charge in [-0.1, -0.05) is 30.3 Å². The van der Waals surface area contributed by atoms with Crippen LogP contribution in [-0.2, 0) is 4.79 Å². The van der Waals surface area contributed by atoms with Crippen LogP contribution in [0.5, 0.6) is 0 Å². The highest BCUT2D eigenvalue weighted by molar-refractivity contribution is 5.93. The highest BCUT2D eigenvalue weighted by atomic mass is 19.1. The molecule has 124 valence electrons.